The van der Waals surface area contributed by atoms with Crippen molar-refractivity contribution >= 4 is 40.9 Å². The van der Waals surface area contributed by atoms with Gasteiger partial charge in [-0.2, -0.15) is 13.2 Å². The molecule has 2 aromatic rings. The number of halogens is 4. The molecule has 0 saturated heterocycles. The third-order valence-electron chi connectivity index (χ3n) is 3.50. The fraction of sp³-hybridized carbons (Fsp3) is 0.176. The lowest BCUT2D eigenvalue weighted by atomic mass is 10.2. The molecule has 31 heavy (non-hydrogen) atoms. The molecule has 0 fully saturated rings. The molecule has 0 aliphatic heterocycles. The van der Waals surface area contributed by atoms with Gasteiger partial charge in [0.05, 0.1) is 15.5 Å². The molecule has 0 aliphatic carbocycles. The number of hydrogen-bond acceptors (Lipinski definition) is 7. The number of ether oxygens (including phenoxy) is 1. The lowest BCUT2D eigenvalue weighted by Crippen LogP contribution is -2.32. The summed E-state index contributed by atoms with van der Waals surface area (Å²) in [6, 6.07) is 5.34. The van der Waals surface area contributed by atoms with Crippen LogP contribution in [-0.2, 0) is 20.5 Å². The molecule has 2 N–H and O–H groups in total. The van der Waals surface area contributed by atoms with Crippen LogP contribution in [0.1, 0.15) is 15.9 Å². The molecule has 10 nitrogen and oxygen atoms in total. The molecule has 0 unspecified atom stereocenters. The number of alkyl halides is 3. The number of carbonyl (C=O) groups excluding carboxylic acids is 3. The molecule has 0 aliphatic rings. The second-order valence-electron chi connectivity index (χ2n) is 5.75. The maximum absolute atomic E-state index is 12.6. The van der Waals surface area contributed by atoms with Crippen molar-refractivity contribution in [3.05, 3.63) is 62.8 Å². The molecular formula is C17H12ClF3N4O6. The van der Waals surface area contributed by atoms with Crippen LogP contribution in [0.4, 0.5) is 24.7 Å². The first-order valence-electron chi connectivity index (χ1n) is 8.18. The van der Waals surface area contributed by atoms with Crippen LogP contribution in [0.2, 0.25) is 5.02 Å². The molecule has 1 heterocycles. The minimum atomic E-state index is -4.66. The minimum absolute atomic E-state index is 0.0669. The molecule has 0 saturated carbocycles. The highest BCUT2D eigenvalue weighted by Gasteiger charge is 2.31. The highest BCUT2D eigenvalue weighted by atomic mass is 35.5. The van der Waals surface area contributed by atoms with E-state index >= 15 is 0 Å². The van der Waals surface area contributed by atoms with Gasteiger partial charge in [0.15, 0.2) is 12.4 Å². The largest absolute Gasteiger partial charge is 0.454 e. The fourth-order valence-electron chi connectivity index (χ4n) is 2.07. The van der Waals surface area contributed by atoms with E-state index in [1.54, 1.807) is 0 Å². The van der Waals surface area contributed by atoms with E-state index in [0.29, 0.717) is 12.3 Å². The molecule has 14 heteroatoms. The standard InChI is InChI=1S/C17H12ClF3N4O6/c18-12-5-10(17(19,20)21)6-22-15(12)24-13(26)8-31-14(27)7-23-16(28)9-2-1-3-11(4-9)25(29)30/h1-6H,7-8H2,(H,23,28)(H,22,24,26). The van der Waals surface area contributed by atoms with E-state index in [1.807, 2.05) is 0 Å². The molecule has 1 aromatic carbocycles. The second kappa shape index (κ2) is 9.84. The number of anilines is 1. The van der Waals surface area contributed by atoms with Gasteiger partial charge in [-0.3, -0.25) is 24.5 Å². The van der Waals surface area contributed by atoms with Gasteiger partial charge in [-0.1, -0.05) is 17.7 Å². The number of amides is 2. The third-order valence-corrected chi connectivity index (χ3v) is 3.79. The van der Waals surface area contributed by atoms with Crippen molar-refractivity contribution in [2.45, 2.75) is 6.18 Å². The van der Waals surface area contributed by atoms with Crippen LogP contribution in [0.15, 0.2) is 36.5 Å². The van der Waals surface area contributed by atoms with Gasteiger partial charge in [0, 0.05) is 23.9 Å². The van der Waals surface area contributed by atoms with Crippen molar-refractivity contribution in [1.29, 1.82) is 0 Å². The number of esters is 1. The number of carbonyl (C=O) groups is 3. The summed E-state index contributed by atoms with van der Waals surface area (Å²) in [5, 5.41) is 14.5. The van der Waals surface area contributed by atoms with E-state index in [2.05, 4.69) is 20.4 Å². The van der Waals surface area contributed by atoms with Gasteiger partial charge in [-0.05, 0) is 12.1 Å². The Labute approximate surface area is 176 Å². The lowest BCUT2D eigenvalue weighted by Gasteiger charge is -2.10. The van der Waals surface area contributed by atoms with Gasteiger partial charge in [0.1, 0.15) is 6.54 Å². The van der Waals surface area contributed by atoms with Gasteiger partial charge < -0.3 is 15.4 Å². The average Bonchev–Trinajstić information content (AvgIpc) is 2.71. The zero-order valence-electron chi connectivity index (χ0n) is 15.2. The van der Waals surface area contributed by atoms with Crippen LogP contribution < -0.4 is 10.6 Å². The number of nitrogens with zero attached hydrogens (tertiary/aromatic N) is 2. The van der Waals surface area contributed by atoms with Crippen molar-refractivity contribution in [3.8, 4) is 0 Å². The van der Waals surface area contributed by atoms with Crippen molar-refractivity contribution in [2.24, 2.45) is 0 Å². The average molecular weight is 461 g/mol. The van der Waals surface area contributed by atoms with Crippen LogP contribution in [0.3, 0.4) is 0 Å². The number of aromatic nitrogens is 1. The molecule has 0 bridgehead atoms. The Morgan fingerprint density at radius 1 is 1.23 bits per heavy atom. The predicted molar refractivity (Wildman–Crippen MR) is 99.3 cm³/mol. The highest BCUT2D eigenvalue weighted by Crippen LogP contribution is 2.32. The molecule has 164 valence electrons. The summed E-state index contributed by atoms with van der Waals surface area (Å²) in [5.74, 6) is -3.10. The predicted octanol–water partition coefficient (Wildman–Crippen LogP) is 2.57. The summed E-state index contributed by atoms with van der Waals surface area (Å²) < 4.78 is 42.3. The second-order valence-corrected chi connectivity index (χ2v) is 6.16. The number of non-ortho nitro benzene ring substituents is 1. The lowest BCUT2D eigenvalue weighted by molar-refractivity contribution is -0.384. The first kappa shape index (κ1) is 23.5. The zero-order chi connectivity index (χ0) is 23.2. The van der Waals surface area contributed by atoms with Crippen LogP contribution in [0.25, 0.3) is 0 Å². The van der Waals surface area contributed by atoms with Crippen molar-refractivity contribution in [3.63, 3.8) is 0 Å². The van der Waals surface area contributed by atoms with E-state index < -0.39 is 52.6 Å². The number of benzene rings is 1. The normalized spacial score (nSPS) is 10.8. The monoisotopic (exact) mass is 460 g/mol. The number of nitro benzene ring substituents is 1. The Hall–Kier alpha value is -3.74. The number of rotatable bonds is 7. The Morgan fingerprint density at radius 3 is 2.55 bits per heavy atom. The Kier molecular flexibility index (Phi) is 7.47. The van der Waals surface area contributed by atoms with Crippen LogP contribution in [-0.4, -0.2) is 40.8 Å². The van der Waals surface area contributed by atoms with Gasteiger partial charge in [-0.25, -0.2) is 4.98 Å². The summed E-state index contributed by atoms with van der Waals surface area (Å²) in [4.78, 5) is 48.7. The maximum atomic E-state index is 12.6. The summed E-state index contributed by atoms with van der Waals surface area (Å²) >= 11 is 5.64. The number of hydrogen-bond donors (Lipinski definition) is 2. The van der Waals surface area contributed by atoms with E-state index in [1.165, 1.54) is 18.2 Å². The van der Waals surface area contributed by atoms with E-state index in [0.717, 1.165) is 6.07 Å². The first-order valence-corrected chi connectivity index (χ1v) is 8.56. The minimum Gasteiger partial charge on any atom is -0.454 e. The molecule has 0 radical (unpaired) electrons. The summed E-state index contributed by atoms with van der Waals surface area (Å²) in [6.07, 6.45) is -4.19. The number of nitro groups is 1. The van der Waals surface area contributed by atoms with E-state index in [-0.39, 0.29) is 17.1 Å². The first-order chi connectivity index (χ1) is 14.5. The van der Waals surface area contributed by atoms with Crippen LogP contribution in [0.5, 0.6) is 0 Å². The maximum Gasteiger partial charge on any atom is 0.417 e. The Bertz CT molecular complexity index is 1030. The van der Waals surface area contributed by atoms with Crippen LogP contribution >= 0.6 is 11.6 Å². The number of nitrogens with one attached hydrogen (secondary N) is 2. The summed E-state index contributed by atoms with van der Waals surface area (Å²) in [7, 11) is 0. The highest BCUT2D eigenvalue weighted by molar-refractivity contribution is 6.33. The van der Waals surface area contributed by atoms with Gasteiger partial charge >= 0.3 is 12.1 Å². The van der Waals surface area contributed by atoms with Gasteiger partial charge in [-0.15, -0.1) is 0 Å². The van der Waals surface area contributed by atoms with Crippen molar-refractivity contribution in [2.75, 3.05) is 18.5 Å². The Morgan fingerprint density at radius 2 is 1.94 bits per heavy atom. The quantitative estimate of drug-likeness (QED) is 0.367. The van der Waals surface area contributed by atoms with E-state index in [4.69, 9.17) is 11.6 Å². The molecule has 1 aromatic heterocycles. The zero-order valence-corrected chi connectivity index (χ0v) is 16.0. The van der Waals surface area contributed by atoms with Gasteiger partial charge in [0.25, 0.3) is 17.5 Å². The molecular weight excluding hydrogens is 449 g/mol. The van der Waals surface area contributed by atoms with Crippen molar-refractivity contribution < 1.29 is 37.2 Å². The third kappa shape index (κ3) is 6.92. The molecule has 2 rings (SSSR count). The SMILES string of the molecule is O=C(COC(=O)CNC(=O)c1cccc([N+](=O)[O-])c1)Nc1ncc(C(F)(F)F)cc1Cl. The van der Waals surface area contributed by atoms with Gasteiger partial charge in [0.2, 0.25) is 0 Å². The van der Waals surface area contributed by atoms with E-state index in [9.17, 15) is 37.7 Å². The molecule has 0 atom stereocenters. The summed E-state index contributed by atoms with van der Waals surface area (Å²) in [6.45, 7) is -1.47. The van der Waals surface area contributed by atoms with Crippen molar-refractivity contribution in [1.82, 2.24) is 10.3 Å². The topological polar surface area (TPSA) is 141 Å². The Balaban J connectivity index is 1.82. The van der Waals surface area contributed by atoms with Crippen LogP contribution in [0, 0.1) is 10.1 Å². The molecule has 0 spiro atoms. The number of pyridine rings is 1. The molecule has 2 amide bonds. The smallest absolute Gasteiger partial charge is 0.417 e. The fourth-order valence-corrected chi connectivity index (χ4v) is 2.28. The summed E-state index contributed by atoms with van der Waals surface area (Å²) in [5.41, 5.74) is -1.49.